The first-order chi connectivity index (χ1) is 12.6. The van der Waals surface area contributed by atoms with Crippen molar-refractivity contribution in [3.05, 3.63) is 47.8 Å². The van der Waals surface area contributed by atoms with Crippen molar-refractivity contribution in [1.29, 1.82) is 0 Å². The molecule has 1 aromatic heterocycles. The minimum absolute atomic E-state index is 0.0302. The summed E-state index contributed by atoms with van der Waals surface area (Å²) in [5.41, 5.74) is 0.971. The Hall–Kier alpha value is -2.83. The second-order valence-corrected chi connectivity index (χ2v) is 6.24. The molecular weight excluding hydrogens is 332 g/mol. The number of benzene rings is 1. The second kappa shape index (κ2) is 8.03. The van der Waals surface area contributed by atoms with E-state index in [1.807, 2.05) is 30.0 Å². The molecule has 2 amide bonds. The van der Waals surface area contributed by atoms with E-state index in [1.165, 1.54) is 0 Å². The number of likely N-dealkylation sites (tertiary alicyclic amines) is 1. The third-order valence-corrected chi connectivity index (χ3v) is 4.54. The van der Waals surface area contributed by atoms with Crippen LogP contribution in [0.5, 0.6) is 5.75 Å². The van der Waals surface area contributed by atoms with Crippen LogP contribution in [0, 0.1) is 0 Å². The molecule has 3 rings (SSSR count). The lowest BCUT2D eigenvalue weighted by Gasteiger charge is -2.33. The zero-order valence-corrected chi connectivity index (χ0v) is 15.1. The lowest BCUT2D eigenvalue weighted by atomic mass is 10.0. The number of carbonyl (C=O) groups is 2. The highest BCUT2D eigenvalue weighted by molar-refractivity contribution is 5.97. The Morgan fingerprint density at radius 2 is 2.12 bits per heavy atom. The molecule has 1 aliphatic heterocycles. The van der Waals surface area contributed by atoms with Crippen molar-refractivity contribution in [2.75, 3.05) is 26.7 Å². The quantitative estimate of drug-likeness (QED) is 0.890. The fourth-order valence-corrected chi connectivity index (χ4v) is 3.24. The van der Waals surface area contributed by atoms with Crippen LogP contribution in [0.25, 0.3) is 0 Å². The maximum Gasteiger partial charge on any atom is 0.271 e. The van der Waals surface area contributed by atoms with E-state index >= 15 is 0 Å². The topological polar surface area (TPSA) is 76.5 Å². The molecule has 0 spiro atoms. The third kappa shape index (κ3) is 3.71. The van der Waals surface area contributed by atoms with Crippen molar-refractivity contribution in [3.63, 3.8) is 0 Å². The number of aromatic nitrogens is 2. The fraction of sp³-hybridized carbons (Fsp3) is 0.421. The molecule has 1 N–H and O–H groups in total. The van der Waals surface area contributed by atoms with Gasteiger partial charge in [0.25, 0.3) is 11.8 Å². The van der Waals surface area contributed by atoms with Crippen LogP contribution in [0.15, 0.2) is 36.5 Å². The van der Waals surface area contributed by atoms with E-state index in [0.717, 1.165) is 12.8 Å². The van der Waals surface area contributed by atoms with Crippen LogP contribution in [-0.2, 0) is 0 Å². The first kappa shape index (κ1) is 18.0. The SMILES string of the molecule is CCOc1ccccc1C(=O)N1CCCC(n2ccc(C(=O)NC)n2)C1. The number of hydrogen-bond acceptors (Lipinski definition) is 4. The summed E-state index contributed by atoms with van der Waals surface area (Å²) in [6.07, 6.45) is 3.62. The van der Waals surface area contributed by atoms with Gasteiger partial charge < -0.3 is 15.0 Å². The zero-order valence-electron chi connectivity index (χ0n) is 15.1. The highest BCUT2D eigenvalue weighted by Gasteiger charge is 2.27. The van der Waals surface area contributed by atoms with E-state index in [-0.39, 0.29) is 17.9 Å². The van der Waals surface area contributed by atoms with E-state index in [0.29, 0.717) is 36.7 Å². The molecule has 2 aromatic rings. The summed E-state index contributed by atoms with van der Waals surface area (Å²) < 4.78 is 7.38. The van der Waals surface area contributed by atoms with Crippen molar-refractivity contribution in [2.24, 2.45) is 0 Å². The molecule has 1 aromatic carbocycles. The molecule has 2 heterocycles. The van der Waals surface area contributed by atoms with Gasteiger partial charge in [-0.3, -0.25) is 14.3 Å². The summed E-state index contributed by atoms with van der Waals surface area (Å²) in [5, 5.41) is 6.93. The van der Waals surface area contributed by atoms with Crippen LogP contribution in [0.2, 0.25) is 0 Å². The van der Waals surface area contributed by atoms with Crippen molar-refractivity contribution < 1.29 is 14.3 Å². The molecule has 1 unspecified atom stereocenters. The summed E-state index contributed by atoms with van der Waals surface area (Å²) in [4.78, 5) is 26.5. The fourth-order valence-electron chi connectivity index (χ4n) is 3.24. The molecule has 0 radical (unpaired) electrons. The largest absolute Gasteiger partial charge is 0.493 e. The number of nitrogens with one attached hydrogen (secondary N) is 1. The van der Waals surface area contributed by atoms with Crippen LogP contribution in [-0.4, -0.2) is 53.2 Å². The van der Waals surface area contributed by atoms with Crippen molar-refractivity contribution in [2.45, 2.75) is 25.8 Å². The van der Waals surface area contributed by atoms with Gasteiger partial charge in [-0.05, 0) is 38.0 Å². The summed E-state index contributed by atoms with van der Waals surface area (Å²) >= 11 is 0. The Balaban J connectivity index is 1.75. The summed E-state index contributed by atoms with van der Waals surface area (Å²) in [7, 11) is 1.58. The summed E-state index contributed by atoms with van der Waals surface area (Å²) in [5.74, 6) is 0.374. The molecule has 0 saturated carbocycles. The monoisotopic (exact) mass is 356 g/mol. The Kier molecular flexibility index (Phi) is 5.55. The maximum atomic E-state index is 13.0. The van der Waals surface area contributed by atoms with Crippen LogP contribution in [0.4, 0.5) is 0 Å². The zero-order chi connectivity index (χ0) is 18.5. The summed E-state index contributed by atoms with van der Waals surface area (Å²) in [6, 6.07) is 9.09. The van der Waals surface area contributed by atoms with Gasteiger partial charge in [0, 0.05) is 26.3 Å². The van der Waals surface area contributed by atoms with E-state index in [2.05, 4.69) is 10.4 Å². The maximum absolute atomic E-state index is 13.0. The van der Waals surface area contributed by atoms with E-state index in [9.17, 15) is 9.59 Å². The Morgan fingerprint density at radius 3 is 2.88 bits per heavy atom. The molecule has 1 aliphatic rings. The molecule has 7 heteroatoms. The van der Waals surface area contributed by atoms with Gasteiger partial charge in [-0.2, -0.15) is 5.10 Å². The lowest BCUT2D eigenvalue weighted by Crippen LogP contribution is -2.41. The lowest BCUT2D eigenvalue weighted by molar-refractivity contribution is 0.0667. The number of hydrogen-bond donors (Lipinski definition) is 1. The molecule has 26 heavy (non-hydrogen) atoms. The van der Waals surface area contributed by atoms with E-state index in [1.54, 1.807) is 30.1 Å². The van der Waals surface area contributed by atoms with Gasteiger partial charge in [-0.1, -0.05) is 12.1 Å². The molecule has 1 atom stereocenters. The Bertz CT molecular complexity index is 787. The first-order valence-corrected chi connectivity index (χ1v) is 8.92. The molecule has 0 aliphatic carbocycles. The normalized spacial score (nSPS) is 17.0. The smallest absolute Gasteiger partial charge is 0.271 e. The van der Waals surface area contributed by atoms with Gasteiger partial charge in [0.1, 0.15) is 11.4 Å². The van der Waals surface area contributed by atoms with Crippen LogP contribution in [0.3, 0.4) is 0 Å². The molecule has 138 valence electrons. The minimum atomic E-state index is -0.210. The average Bonchev–Trinajstić information content (AvgIpc) is 3.18. The second-order valence-electron chi connectivity index (χ2n) is 6.24. The molecule has 7 nitrogen and oxygen atoms in total. The van der Waals surface area contributed by atoms with Crippen LogP contribution >= 0.6 is 0 Å². The number of rotatable bonds is 5. The number of amides is 2. The molecule has 1 saturated heterocycles. The minimum Gasteiger partial charge on any atom is -0.493 e. The van der Waals surface area contributed by atoms with Crippen LogP contribution in [0.1, 0.15) is 46.7 Å². The van der Waals surface area contributed by atoms with Crippen molar-refractivity contribution in [1.82, 2.24) is 20.0 Å². The van der Waals surface area contributed by atoms with Gasteiger partial charge in [-0.25, -0.2) is 0 Å². The summed E-state index contributed by atoms with van der Waals surface area (Å²) in [6.45, 7) is 3.69. The van der Waals surface area contributed by atoms with Gasteiger partial charge in [-0.15, -0.1) is 0 Å². The molecule has 0 bridgehead atoms. The molecular formula is C19H24N4O3. The van der Waals surface area contributed by atoms with Gasteiger partial charge in [0.2, 0.25) is 0 Å². The van der Waals surface area contributed by atoms with E-state index in [4.69, 9.17) is 4.74 Å². The average molecular weight is 356 g/mol. The highest BCUT2D eigenvalue weighted by atomic mass is 16.5. The number of nitrogens with zero attached hydrogens (tertiary/aromatic N) is 3. The van der Waals surface area contributed by atoms with Crippen molar-refractivity contribution in [3.8, 4) is 5.75 Å². The predicted octanol–water partition coefficient (Wildman–Crippen LogP) is 2.12. The number of ether oxygens (including phenoxy) is 1. The van der Waals surface area contributed by atoms with E-state index < -0.39 is 0 Å². The number of piperidine rings is 1. The standard InChI is InChI=1S/C19H24N4O3/c1-3-26-17-9-5-4-8-15(17)19(25)22-11-6-7-14(13-22)23-12-10-16(21-23)18(24)20-2/h4-5,8-10,12,14H,3,6-7,11,13H2,1-2H3,(H,20,24). The number of carbonyl (C=O) groups excluding carboxylic acids is 2. The van der Waals surface area contributed by atoms with Crippen molar-refractivity contribution >= 4 is 11.8 Å². The van der Waals surface area contributed by atoms with Crippen LogP contribution < -0.4 is 10.1 Å². The van der Waals surface area contributed by atoms with Gasteiger partial charge in [0.15, 0.2) is 0 Å². The van der Waals surface area contributed by atoms with Gasteiger partial charge in [0.05, 0.1) is 18.2 Å². The Labute approximate surface area is 152 Å². The Morgan fingerprint density at radius 1 is 1.31 bits per heavy atom. The number of para-hydroxylation sites is 1. The highest BCUT2D eigenvalue weighted by Crippen LogP contribution is 2.25. The third-order valence-electron chi connectivity index (χ3n) is 4.54. The molecule has 1 fully saturated rings. The first-order valence-electron chi connectivity index (χ1n) is 8.92. The predicted molar refractivity (Wildman–Crippen MR) is 97.4 cm³/mol. The van der Waals surface area contributed by atoms with Gasteiger partial charge >= 0.3 is 0 Å².